The Labute approximate surface area is 244 Å². The molecule has 0 unspecified atom stereocenters. The van der Waals surface area contributed by atoms with Gasteiger partial charge in [-0.2, -0.15) is 0 Å². The number of benzene rings is 6. The first-order chi connectivity index (χ1) is 20.3. The maximum absolute atomic E-state index is 2.33. The Bertz CT molecular complexity index is 2070. The molecule has 0 amide bonds. The lowest BCUT2D eigenvalue weighted by atomic mass is 9.91. The molecule has 1 heterocycles. The third-order valence-corrected chi connectivity index (χ3v) is 9.56. The summed E-state index contributed by atoms with van der Waals surface area (Å²) in [7, 11) is 0. The minimum atomic E-state index is 1.14. The van der Waals surface area contributed by atoms with E-state index in [0.29, 0.717) is 0 Å². The van der Waals surface area contributed by atoms with Crippen molar-refractivity contribution in [2.75, 3.05) is 0 Å². The molecule has 41 heavy (non-hydrogen) atoms. The molecule has 0 nitrogen and oxygen atoms in total. The van der Waals surface area contributed by atoms with E-state index in [1.54, 1.807) is 0 Å². The maximum atomic E-state index is 2.33. The van der Waals surface area contributed by atoms with E-state index in [1.165, 1.54) is 75.8 Å². The van der Waals surface area contributed by atoms with E-state index in [4.69, 9.17) is 0 Å². The zero-order valence-corrected chi connectivity index (χ0v) is 23.5. The summed E-state index contributed by atoms with van der Waals surface area (Å²) in [6, 6.07) is 49.2. The predicted octanol–water partition coefficient (Wildman–Crippen LogP) is 11.7. The van der Waals surface area contributed by atoms with Crippen molar-refractivity contribution in [2.45, 2.75) is 12.8 Å². The van der Waals surface area contributed by atoms with Crippen molar-refractivity contribution in [2.24, 2.45) is 0 Å². The fourth-order valence-electron chi connectivity index (χ4n) is 6.10. The highest BCUT2D eigenvalue weighted by atomic mass is 32.1. The lowest BCUT2D eigenvalue weighted by Crippen LogP contribution is -1.94. The standard InChI is InChI=1S/C40H28S/c1-2-7-33-25-34(19-13-27(33)5-1)28-9-15-31(16-10-28)39-23-24-40(41-39)32-17-11-29(12-18-32)35-21-22-38-36(26-35)20-14-30-6-3-4-8-37(30)38/h1-2,4-5,7-26H,3,6H2. The third-order valence-electron chi connectivity index (χ3n) is 8.38. The largest absolute Gasteiger partial charge is 0.135 e. The van der Waals surface area contributed by atoms with Crippen molar-refractivity contribution in [1.82, 2.24) is 0 Å². The van der Waals surface area contributed by atoms with Crippen LogP contribution in [0.2, 0.25) is 0 Å². The fraction of sp³-hybridized carbons (Fsp3) is 0.0500. The molecule has 8 rings (SSSR count). The van der Waals surface area contributed by atoms with E-state index in [9.17, 15) is 0 Å². The zero-order valence-electron chi connectivity index (χ0n) is 22.7. The summed E-state index contributed by atoms with van der Waals surface area (Å²) in [4.78, 5) is 2.59. The number of hydrogen-bond acceptors (Lipinski definition) is 1. The molecule has 0 bridgehead atoms. The van der Waals surface area contributed by atoms with Crippen LogP contribution in [0.3, 0.4) is 0 Å². The first-order valence-electron chi connectivity index (χ1n) is 14.3. The molecule has 0 saturated heterocycles. The Kier molecular flexibility index (Phi) is 5.90. The van der Waals surface area contributed by atoms with Gasteiger partial charge < -0.3 is 0 Å². The van der Waals surface area contributed by atoms with Gasteiger partial charge in [-0.25, -0.2) is 0 Å². The first-order valence-corrected chi connectivity index (χ1v) is 15.1. The van der Waals surface area contributed by atoms with E-state index in [0.717, 1.165) is 12.8 Å². The quantitative estimate of drug-likeness (QED) is 0.208. The monoisotopic (exact) mass is 540 g/mol. The SMILES string of the molecule is C1=Cc2c(ccc3cc(-c4ccc(-c5ccc(-c6ccc(-c7ccc8ccccc8c7)cc6)s5)cc4)ccc23)CC1. The molecule has 0 aliphatic heterocycles. The summed E-state index contributed by atoms with van der Waals surface area (Å²) in [5.74, 6) is 0. The minimum Gasteiger partial charge on any atom is -0.135 e. The number of fused-ring (bicyclic) bond motifs is 4. The molecule has 0 N–H and O–H groups in total. The second-order valence-electron chi connectivity index (χ2n) is 10.9. The molecule has 0 radical (unpaired) electrons. The molecule has 6 aromatic carbocycles. The van der Waals surface area contributed by atoms with Crippen LogP contribution in [-0.2, 0) is 6.42 Å². The van der Waals surface area contributed by atoms with Gasteiger partial charge in [-0.15, -0.1) is 11.3 Å². The van der Waals surface area contributed by atoms with E-state index in [-0.39, 0.29) is 0 Å². The van der Waals surface area contributed by atoms with Crippen molar-refractivity contribution in [3.63, 3.8) is 0 Å². The number of allylic oxidation sites excluding steroid dienone is 1. The summed E-state index contributed by atoms with van der Waals surface area (Å²) < 4.78 is 0. The number of rotatable bonds is 4. The number of thiophene rings is 1. The van der Waals surface area contributed by atoms with Gasteiger partial charge in [0.15, 0.2) is 0 Å². The highest BCUT2D eigenvalue weighted by molar-refractivity contribution is 7.18. The molecule has 0 saturated carbocycles. The van der Waals surface area contributed by atoms with Gasteiger partial charge in [0.25, 0.3) is 0 Å². The molecule has 7 aromatic rings. The smallest absolute Gasteiger partial charge is 0.0349 e. The van der Waals surface area contributed by atoms with Gasteiger partial charge in [0.1, 0.15) is 0 Å². The van der Waals surface area contributed by atoms with Crippen molar-refractivity contribution in [3.05, 3.63) is 151 Å². The molecular weight excluding hydrogens is 513 g/mol. The summed E-state index contributed by atoms with van der Waals surface area (Å²) in [5, 5.41) is 5.22. The minimum absolute atomic E-state index is 1.14. The molecule has 0 fully saturated rings. The Morgan fingerprint density at radius 2 is 1.00 bits per heavy atom. The third kappa shape index (κ3) is 4.49. The topological polar surface area (TPSA) is 0 Å². The van der Waals surface area contributed by atoms with Gasteiger partial charge in [0, 0.05) is 9.75 Å². The van der Waals surface area contributed by atoms with Crippen molar-refractivity contribution in [1.29, 1.82) is 0 Å². The fourth-order valence-corrected chi connectivity index (χ4v) is 7.12. The van der Waals surface area contributed by atoms with E-state index >= 15 is 0 Å². The lowest BCUT2D eigenvalue weighted by Gasteiger charge is -2.14. The van der Waals surface area contributed by atoms with Crippen LogP contribution in [0.5, 0.6) is 0 Å². The molecule has 0 spiro atoms. The molecule has 1 heteroatoms. The second kappa shape index (κ2) is 10.0. The van der Waals surface area contributed by atoms with Crippen molar-refractivity contribution < 1.29 is 0 Å². The Morgan fingerprint density at radius 3 is 1.71 bits per heavy atom. The van der Waals surface area contributed by atoms with Crippen LogP contribution in [0.1, 0.15) is 17.5 Å². The van der Waals surface area contributed by atoms with Gasteiger partial charge in [0.05, 0.1) is 0 Å². The Balaban J connectivity index is 1.03. The predicted molar refractivity (Wildman–Crippen MR) is 178 cm³/mol. The number of hydrogen-bond donors (Lipinski definition) is 0. The molecular formula is C40H28S. The van der Waals surface area contributed by atoms with E-state index < -0.39 is 0 Å². The average molecular weight is 541 g/mol. The Hall–Kier alpha value is -4.72. The van der Waals surface area contributed by atoms with Crippen molar-refractivity contribution >= 4 is 39.0 Å². The van der Waals surface area contributed by atoms with Gasteiger partial charge in [-0.1, -0.05) is 121 Å². The molecule has 194 valence electrons. The molecule has 0 atom stereocenters. The second-order valence-corrected chi connectivity index (χ2v) is 12.0. The molecule has 1 aromatic heterocycles. The molecule has 1 aliphatic rings. The summed E-state index contributed by atoms with van der Waals surface area (Å²) in [6.07, 6.45) is 6.88. The first kappa shape index (κ1) is 24.1. The van der Waals surface area contributed by atoms with E-state index in [2.05, 4.69) is 146 Å². The zero-order chi connectivity index (χ0) is 27.2. The normalized spacial score (nSPS) is 12.6. The van der Waals surface area contributed by atoms with Gasteiger partial charge in [0.2, 0.25) is 0 Å². The van der Waals surface area contributed by atoms with Gasteiger partial charge >= 0.3 is 0 Å². The van der Waals surface area contributed by atoms with Crippen LogP contribution in [0, 0.1) is 0 Å². The number of aryl methyl sites for hydroxylation is 1. The average Bonchev–Trinajstić information content (AvgIpc) is 3.55. The van der Waals surface area contributed by atoms with Crippen LogP contribution in [-0.4, -0.2) is 0 Å². The highest BCUT2D eigenvalue weighted by Gasteiger charge is 2.11. The summed E-state index contributed by atoms with van der Waals surface area (Å²) in [6.45, 7) is 0. The van der Waals surface area contributed by atoms with Crippen LogP contribution < -0.4 is 0 Å². The van der Waals surface area contributed by atoms with Crippen LogP contribution in [0.25, 0.3) is 70.8 Å². The highest BCUT2D eigenvalue weighted by Crippen LogP contribution is 2.37. The van der Waals surface area contributed by atoms with Crippen molar-refractivity contribution in [3.8, 4) is 43.1 Å². The van der Waals surface area contributed by atoms with Gasteiger partial charge in [-0.3, -0.25) is 0 Å². The summed E-state index contributed by atoms with van der Waals surface area (Å²) in [5.41, 5.74) is 10.4. The lowest BCUT2D eigenvalue weighted by molar-refractivity contribution is 0.990. The van der Waals surface area contributed by atoms with Crippen LogP contribution in [0.15, 0.2) is 140 Å². The van der Waals surface area contributed by atoms with E-state index in [1.807, 2.05) is 11.3 Å². The van der Waals surface area contributed by atoms with Gasteiger partial charge in [-0.05, 0) is 103 Å². The maximum Gasteiger partial charge on any atom is 0.0349 e. The Morgan fingerprint density at radius 1 is 0.439 bits per heavy atom. The molecule has 1 aliphatic carbocycles. The summed E-state index contributed by atoms with van der Waals surface area (Å²) >= 11 is 1.85. The van der Waals surface area contributed by atoms with Crippen LogP contribution in [0.4, 0.5) is 0 Å². The van der Waals surface area contributed by atoms with Crippen LogP contribution >= 0.6 is 11.3 Å².